The van der Waals surface area contributed by atoms with Crippen molar-refractivity contribution in [2.24, 2.45) is 5.41 Å². The molecule has 6 atom stereocenters. The van der Waals surface area contributed by atoms with E-state index in [1.165, 1.54) is 0 Å². The lowest BCUT2D eigenvalue weighted by Crippen LogP contribution is -2.63. The predicted molar refractivity (Wildman–Crippen MR) is 107 cm³/mol. The van der Waals surface area contributed by atoms with Gasteiger partial charge in [0, 0.05) is 36.3 Å². The zero-order chi connectivity index (χ0) is 22.2. The fourth-order valence-electron chi connectivity index (χ4n) is 5.79. The Hall–Kier alpha value is -1.16. The van der Waals surface area contributed by atoms with Crippen LogP contribution in [0.1, 0.15) is 71.1 Å². The van der Waals surface area contributed by atoms with Crippen molar-refractivity contribution in [1.29, 1.82) is 0 Å². The normalized spacial score (nSPS) is 44.9. The number of fused-ring (bicyclic) bond motifs is 3. The number of ether oxygens (including phenoxy) is 1. The number of Topliss-reactive ketones (excluding diaryl/α,β-unsaturated/α-hetero) is 1. The molecule has 5 fully saturated rings. The van der Waals surface area contributed by atoms with Crippen LogP contribution in [0.25, 0.3) is 0 Å². The highest BCUT2D eigenvalue weighted by Gasteiger charge is 2.55. The first-order valence-corrected chi connectivity index (χ1v) is 11.5. The standard InChI is InChI=1S/C22H34F2N2O5/c1-13-8-18(31-26-13)20(29)25-22-6-4-21(5-7-22,19(28)11-22)10-14(27)12-30-15-2-3-16(23)17(24)9-15/h13,15-19,26,28H,2-12H2,1H3,(H,25,29). The minimum Gasteiger partial charge on any atom is -0.392 e. The summed E-state index contributed by atoms with van der Waals surface area (Å²) in [5, 5.41) is 14.0. The zero-order valence-electron chi connectivity index (χ0n) is 18.1. The van der Waals surface area contributed by atoms with Crippen LogP contribution in [0.2, 0.25) is 0 Å². The summed E-state index contributed by atoms with van der Waals surface area (Å²) in [6.07, 6.45) is -0.0865. The van der Waals surface area contributed by atoms with Crippen LogP contribution >= 0.6 is 0 Å². The molecule has 9 heteroatoms. The molecule has 1 heterocycles. The van der Waals surface area contributed by atoms with Crippen LogP contribution < -0.4 is 10.8 Å². The Morgan fingerprint density at radius 3 is 2.52 bits per heavy atom. The van der Waals surface area contributed by atoms with E-state index in [2.05, 4.69) is 10.8 Å². The first-order valence-electron chi connectivity index (χ1n) is 11.5. The molecule has 176 valence electrons. The summed E-state index contributed by atoms with van der Waals surface area (Å²) in [6.45, 7) is 1.82. The molecule has 5 rings (SSSR count). The van der Waals surface area contributed by atoms with Gasteiger partial charge in [-0.05, 0) is 51.9 Å². The van der Waals surface area contributed by atoms with Crippen LogP contribution in [0.4, 0.5) is 8.78 Å². The lowest BCUT2D eigenvalue weighted by atomic mass is 9.54. The highest BCUT2D eigenvalue weighted by molar-refractivity contribution is 5.82. The predicted octanol–water partition coefficient (Wildman–Crippen LogP) is 2.05. The number of hydroxylamine groups is 1. The molecule has 0 aromatic rings. The molecular formula is C22H34F2N2O5. The molecule has 0 radical (unpaired) electrons. The van der Waals surface area contributed by atoms with Gasteiger partial charge in [-0.3, -0.25) is 14.4 Å². The van der Waals surface area contributed by atoms with E-state index in [-0.39, 0.29) is 43.6 Å². The Morgan fingerprint density at radius 2 is 1.90 bits per heavy atom. The van der Waals surface area contributed by atoms with Gasteiger partial charge in [0.15, 0.2) is 11.9 Å². The van der Waals surface area contributed by atoms with Crippen molar-refractivity contribution in [2.45, 2.75) is 113 Å². The molecule has 0 aromatic heterocycles. The molecule has 0 spiro atoms. The van der Waals surface area contributed by atoms with Crippen LogP contribution in [-0.4, -0.2) is 65.6 Å². The number of rotatable bonds is 7. The summed E-state index contributed by atoms with van der Waals surface area (Å²) < 4.78 is 32.3. The highest BCUT2D eigenvalue weighted by Crippen LogP contribution is 2.54. The summed E-state index contributed by atoms with van der Waals surface area (Å²) in [5.41, 5.74) is 1.86. The van der Waals surface area contributed by atoms with Crippen LogP contribution in [-0.2, 0) is 19.2 Å². The fourth-order valence-corrected chi connectivity index (χ4v) is 5.79. The average molecular weight is 445 g/mol. The minimum absolute atomic E-state index is 0.0105. The Kier molecular flexibility index (Phi) is 6.68. The number of aliphatic hydroxyl groups excluding tert-OH is 1. The molecule has 4 aliphatic carbocycles. The van der Waals surface area contributed by atoms with Crippen molar-refractivity contribution >= 4 is 11.7 Å². The smallest absolute Gasteiger partial charge is 0.251 e. The molecule has 6 unspecified atom stereocenters. The molecule has 31 heavy (non-hydrogen) atoms. The molecule has 1 amide bonds. The number of amides is 1. The van der Waals surface area contributed by atoms with Gasteiger partial charge in [-0.1, -0.05) is 0 Å². The first kappa shape index (κ1) is 23.0. The van der Waals surface area contributed by atoms with E-state index in [1.54, 1.807) is 0 Å². The summed E-state index contributed by atoms with van der Waals surface area (Å²) in [4.78, 5) is 30.5. The third-order valence-electron chi connectivity index (χ3n) is 7.83. The van der Waals surface area contributed by atoms with Crippen LogP contribution in [0, 0.1) is 5.41 Å². The maximum atomic E-state index is 13.5. The molecule has 3 N–H and O–H groups in total. The summed E-state index contributed by atoms with van der Waals surface area (Å²) in [7, 11) is 0. The average Bonchev–Trinajstić information content (AvgIpc) is 3.17. The second-order valence-electron chi connectivity index (χ2n) is 10.2. The lowest BCUT2D eigenvalue weighted by molar-refractivity contribution is -0.149. The van der Waals surface area contributed by atoms with Gasteiger partial charge in [-0.2, -0.15) is 5.48 Å². The lowest BCUT2D eigenvalue weighted by Gasteiger charge is -2.56. The van der Waals surface area contributed by atoms with Crippen LogP contribution in [0.15, 0.2) is 0 Å². The maximum absolute atomic E-state index is 13.5. The number of aliphatic hydroxyl groups is 1. The molecule has 5 aliphatic rings. The fraction of sp³-hybridized carbons (Fsp3) is 0.909. The Labute approximate surface area is 181 Å². The van der Waals surface area contributed by atoms with Gasteiger partial charge < -0.3 is 15.2 Å². The van der Waals surface area contributed by atoms with E-state index in [0.29, 0.717) is 44.9 Å². The number of alkyl halides is 2. The quantitative estimate of drug-likeness (QED) is 0.556. The molecule has 4 saturated carbocycles. The van der Waals surface area contributed by atoms with E-state index < -0.39 is 41.6 Å². The number of hydrogen-bond acceptors (Lipinski definition) is 6. The molecule has 1 aliphatic heterocycles. The second-order valence-corrected chi connectivity index (χ2v) is 10.2. The Bertz CT molecular complexity index is 685. The largest absolute Gasteiger partial charge is 0.392 e. The zero-order valence-corrected chi connectivity index (χ0v) is 18.1. The first-order chi connectivity index (χ1) is 14.7. The van der Waals surface area contributed by atoms with Crippen LogP contribution in [0.3, 0.4) is 0 Å². The number of nitrogens with one attached hydrogen (secondary N) is 2. The topological polar surface area (TPSA) is 96.9 Å². The monoisotopic (exact) mass is 444 g/mol. The molecule has 7 nitrogen and oxygen atoms in total. The minimum atomic E-state index is -1.53. The van der Waals surface area contributed by atoms with Crippen molar-refractivity contribution in [3.8, 4) is 0 Å². The maximum Gasteiger partial charge on any atom is 0.251 e. The third-order valence-corrected chi connectivity index (χ3v) is 7.83. The van der Waals surface area contributed by atoms with Crippen molar-refractivity contribution in [2.75, 3.05) is 6.61 Å². The number of carbonyl (C=O) groups excluding carboxylic acids is 2. The van der Waals surface area contributed by atoms with E-state index in [9.17, 15) is 23.5 Å². The number of halogens is 2. The Balaban J connectivity index is 1.26. The van der Waals surface area contributed by atoms with Crippen LogP contribution in [0.5, 0.6) is 0 Å². The van der Waals surface area contributed by atoms with Gasteiger partial charge in [0.25, 0.3) is 5.91 Å². The number of carbonyl (C=O) groups is 2. The van der Waals surface area contributed by atoms with Gasteiger partial charge >= 0.3 is 0 Å². The summed E-state index contributed by atoms with van der Waals surface area (Å²) in [5.74, 6) is -0.272. The van der Waals surface area contributed by atoms with E-state index >= 15 is 0 Å². The summed E-state index contributed by atoms with van der Waals surface area (Å²) >= 11 is 0. The highest BCUT2D eigenvalue weighted by atomic mass is 19.2. The van der Waals surface area contributed by atoms with Gasteiger partial charge in [-0.15, -0.1) is 0 Å². The SMILES string of the molecule is CC1CC(C(=O)NC23CCC(CC(=O)COC4CCC(F)C(F)C4)(CC2)C(O)C3)ON1. The molecule has 1 saturated heterocycles. The van der Waals surface area contributed by atoms with E-state index in [1.807, 2.05) is 6.92 Å². The van der Waals surface area contributed by atoms with Crippen molar-refractivity contribution in [3.63, 3.8) is 0 Å². The van der Waals surface area contributed by atoms with Crippen molar-refractivity contribution in [1.82, 2.24) is 10.8 Å². The van der Waals surface area contributed by atoms with Crippen molar-refractivity contribution in [3.05, 3.63) is 0 Å². The van der Waals surface area contributed by atoms with Gasteiger partial charge in [-0.25, -0.2) is 8.78 Å². The number of ketones is 1. The van der Waals surface area contributed by atoms with Gasteiger partial charge in [0.1, 0.15) is 19.0 Å². The third kappa shape index (κ3) is 4.94. The summed E-state index contributed by atoms with van der Waals surface area (Å²) in [6, 6.07) is 0.125. The second kappa shape index (κ2) is 9.00. The Morgan fingerprint density at radius 1 is 1.16 bits per heavy atom. The van der Waals surface area contributed by atoms with E-state index in [4.69, 9.17) is 9.57 Å². The van der Waals surface area contributed by atoms with Crippen molar-refractivity contribution < 1.29 is 33.1 Å². The van der Waals surface area contributed by atoms with Gasteiger partial charge in [0.2, 0.25) is 0 Å². The van der Waals surface area contributed by atoms with E-state index in [0.717, 1.165) is 0 Å². The van der Waals surface area contributed by atoms with Gasteiger partial charge in [0.05, 0.1) is 12.2 Å². The molecule has 2 bridgehead atoms. The molecular weight excluding hydrogens is 410 g/mol. The molecule has 0 aromatic carbocycles. The number of hydrogen-bond donors (Lipinski definition) is 3.